The van der Waals surface area contributed by atoms with Gasteiger partial charge in [0.2, 0.25) is 11.7 Å². The number of ketones is 1. The third kappa shape index (κ3) is 2.85. The van der Waals surface area contributed by atoms with Crippen LogP contribution in [0.25, 0.3) is 10.6 Å². The highest BCUT2D eigenvalue weighted by molar-refractivity contribution is 8.01. The predicted octanol–water partition coefficient (Wildman–Crippen LogP) is 2.12. The number of β-lactam (4-membered cyclic amide) rings is 1. The molecule has 2 fully saturated rings. The van der Waals surface area contributed by atoms with Gasteiger partial charge >= 0.3 is 5.97 Å². The zero-order valence-electron chi connectivity index (χ0n) is 15.1. The zero-order chi connectivity index (χ0) is 20.2. The van der Waals surface area contributed by atoms with Crippen LogP contribution >= 0.6 is 23.1 Å². The topological polar surface area (TPSA) is 108 Å². The van der Waals surface area contributed by atoms with Crippen LogP contribution in [0.4, 0.5) is 0 Å². The molecular weight excluding hydrogens is 400 g/mol. The monoisotopic (exact) mass is 418 g/mol. The number of thioether (sulfide) groups is 1. The minimum Gasteiger partial charge on any atom is -0.480 e. The number of Topliss-reactive ketones (excluding diaryl/α,β-unsaturated/α-hetero) is 1. The van der Waals surface area contributed by atoms with Gasteiger partial charge in [-0.15, -0.1) is 23.1 Å². The van der Waals surface area contributed by atoms with E-state index in [0.717, 1.165) is 5.56 Å². The molecule has 0 bridgehead atoms. The number of hydrogen-bond acceptors (Lipinski definition) is 7. The highest BCUT2D eigenvalue weighted by atomic mass is 32.2. The van der Waals surface area contributed by atoms with Crippen LogP contribution in [0.2, 0.25) is 0 Å². The molecule has 0 spiro atoms. The van der Waals surface area contributed by atoms with Gasteiger partial charge in [0.1, 0.15) is 28.8 Å². The van der Waals surface area contributed by atoms with Gasteiger partial charge in [-0.05, 0) is 13.8 Å². The van der Waals surface area contributed by atoms with Crippen molar-refractivity contribution in [2.75, 3.05) is 0 Å². The molecule has 0 saturated carbocycles. The Morgan fingerprint density at radius 2 is 1.93 bits per heavy atom. The van der Waals surface area contributed by atoms with Crippen molar-refractivity contribution < 1.29 is 24.6 Å². The van der Waals surface area contributed by atoms with E-state index in [1.807, 2.05) is 30.3 Å². The number of aliphatic hydroxyl groups excluding tert-OH is 1. The van der Waals surface area contributed by atoms with E-state index < -0.39 is 45.8 Å². The first-order valence-corrected chi connectivity index (χ1v) is 10.4. The van der Waals surface area contributed by atoms with E-state index in [-0.39, 0.29) is 5.69 Å². The summed E-state index contributed by atoms with van der Waals surface area (Å²) in [5, 5.41) is 21.7. The Bertz CT molecular complexity index is 958. The molecule has 1 aromatic heterocycles. The highest BCUT2D eigenvalue weighted by Crippen LogP contribution is 2.54. The van der Waals surface area contributed by atoms with Crippen molar-refractivity contribution in [3.8, 4) is 10.6 Å². The second-order valence-corrected chi connectivity index (χ2v) is 9.97. The number of benzene rings is 1. The Hall–Kier alpha value is -2.23. The number of hydrogen-bond donors (Lipinski definition) is 2. The third-order valence-corrected chi connectivity index (χ3v) is 7.59. The second kappa shape index (κ2) is 6.68. The first-order valence-electron chi connectivity index (χ1n) is 8.68. The fourth-order valence-electron chi connectivity index (χ4n) is 3.75. The lowest BCUT2D eigenvalue weighted by Crippen LogP contribution is -2.66. The van der Waals surface area contributed by atoms with Crippen molar-refractivity contribution >= 4 is 40.8 Å². The zero-order valence-corrected chi connectivity index (χ0v) is 16.7. The van der Waals surface area contributed by atoms with Crippen LogP contribution < -0.4 is 0 Å². The van der Waals surface area contributed by atoms with E-state index in [4.69, 9.17) is 0 Å². The molecule has 2 aliphatic heterocycles. The SMILES string of the molecule is CC1(C)S[C@@H]2[C@H]([C@H](O)C(=O)c3csc(-c4ccccc4)n3)C(=O)N2[C@H]1C(=O)O. The summed E-state index contributed by atoms with van der Waals surface area (Å²) >= 11 is 2.59. The van der Waals surface area contributed by atoms with Crippen LogP contribution in [-0.4, -0.2) is 60.0 Å². The number of thiazole rings is 1. The number of carbonyl (C=O) groups is 3. The van der Waals surface area contributed by atoms with Crippen molar-refractivity contribution in [2.45, 2.75) is 36.1 Å². The first-order chi connectivity index (χ1) is 13.2. The van der Waals surface area contributed by atoms with E-state index in [1.165, 1.54) is 28.0 Å². The van der Waals surface area contributed by atoms with Crippen molar-refractivity contribution in [3.63, 3.8) is 0 Å². The molecule has 2 aliphatic rings. The third-order valence-electron chi connectivity index (χ3n) is 5.10. The van der Waals surface area contributed by atoms with E-state index in [0.29, 0.717) is 5.01 Å². The Labute approximate surface area is 169 Å². The van der Waals surface area contributed by atoms with E-state index in [9.17, 15) is 24.6 Å². The Morgan fingerprint density at radius 3 is 2.57 bits per heavy atom. The largest absolute Gasteiger partial charge is 0.480 e. The lowest BCUT2D eigenvalue weighted by molar-refractivity contribution is -0.167. The quantitative estimate of drug-likeness (QED) is 0.566. The standard InChI is InChI=1S/C19H18N2O5S2/c1-19(2)14(18(25)26)21-16(24)11(17(21)28-19)13(23)12(22)10-8-27-15(20-10)9-6-4-3-5-7-9/h3-8,11,13-14,17,23H,1-2H3,(H,25,26)/t11-,13+,14+,17-/m1/s1. The molecule has 4 atom stereocenters. The Balaban J connectivity index is 1.54. The van der Waals surface area contributed by atoms with Crippen LogP contribution in [0.15, 0.2) is 35.7 Å². The van der Waals surface area contributed by atoms with Gasteiger partial charge in [-0.3, -0.25) is 9.59 Å². The molecule has 2 aromatic rings. The van der Waals surface area contributed by atoms with Crippen LogP contribution in [0, 0.1) is 5.92 Å². The molecule has 1 aromatic carbocycles. The number of aromatic nitrogens is 1. The molecule has 9 heteroatoms. The maximum Gasteiger partial charge on any atom is 0.327 e. The average molecular weight is 418 g/mol. The molecule has 1 amide bonds. The summed E-state index contributed by atoms with van der Waals surface area (Å²) in [4.78, 5) is 42.5. The fourth-order valence-corrected chi connectivity index (χ4v) is 6.28. The second-order valence-electron chi connectivity index (χ2n) is 7.34. The Morgan fingerprint density at radius 1 is 1.25 bits per heavy atom. The number of nitrogens with zero attached hydrogens (tertiary/aromatic N) is 2. The minimum absolute atomic E-state index is 0.111. The van der Waals surface area contributed by atoms with Crippen LogP contribution in [-0.2, 0) is 9.59 Å². The van der Waals surface area contributed by atoms with Gasteiger partial charge in [-0.25, -0.2) is 9.78 Å². The first kappa shape index (κ1) is 19.1. The van der Waals surface area contributed by atoms with E-state index in [2.05, 4.69) is 4.98 Å². The van der Waals surface area contributed by atoms with Gasteiger partial charge in [0.25, 0.3) is 0 Å². The smallest absolute Gasteiger partial charge is 0.327 e. The number of rotatable bonds is 5. The molecule has 0 unspecified atom stereocenters. The summed E-state index contributed by atoms with van der Waals surface area (Å²) in [5.74, 6) is -3.16. The molecule has 146 valence electrons. The van der Waals surface area contributed by atoms with Gasteiger partial charge in [0.05, 0.1) is 5.37 Å². The molecule has 0 aliphatic carbocycles. The van der Waals surface area contributed by atoms with Crippen molar-refractivity contribution in [2.24, 2.45) is 5.92 Å². The van der Waals surface area contributed by atoms with Crippen molar-refractivity contribution in [1.29, 1.82) is 0 Å². The lowest BCUT2D eigenvalue weighted by Gasteiger charge is -2.44. The van der Waals surface area contributed by atoms with Crippen LogP contribution in [0.5, 0.6) is 0 Å². The summed E-state index contributed by atoms with van der Waals surface area (Å²) in [5.41, 5.74) is 0.976. The maximum absolute atomic E-state index is 12.7. The molecule has 7 nitrogen and oxygen atoms in total. The number of amides is 1. The summed E-state index contributed by atoms with van der Waals surface area (Å²) in [6, 6.07) is 8.39. The fraction of sp³-hybridized carbons (Fsp3) is 0.368. The molecule has 4 rings (SSSR count). The maximum atomic E-state index is 12.7. The van der Waals surface area contributed by atoms with Gasteiger partial charge in [-0.2, -0.15) is 0 Å². The van der Waals surface area contributed by atoms with Crippen molar-refractivity contribution in [1.82, 2.24) is 9.88 Å². The number of aliphatic carboxylic acids is 1. The number of carboxylic acid groups (broad SMARTS) is 1. The van der Waals surface area contributed by atoms with Gasteiger partial charge in [0, 0.05) is 15.7 Å². The van der Waals surface area contributed by atoms with Crippen LogP contribution in [0.3, 0.4) is 0 Å². The molecule has 2 saturated heterocycles. The Kier molecular flexibility index (Phi) is 4.56. The number of carboxylic acids is 1. The van der Waals surface area contributed by atoms with Gasteiger partial charge in [0.15, 0.2) is 0 Å². The van der Waals surface area contributed by atoms with E-state index in [1.54, 1.807) is 19.2 Å². The highest BCUT2D eigenvalue weighted by Gasteiger charge is 2.66. The normalized spacial score (nSPS) is 26.5. The van der Waals surface area contributed by atoms with Crippen LogP contribution in [0.1, 0.15) is 24.3 Å². The summed E-state index contributed by atoms with van der Waals surface area (Å²) in [6.07, 6.45) is -1.55. The molecule has 2 N–H and O–H groups in total. The summed E-state index contributed by atoms with van der Waals surface area (Å²) in [6.45, 7) is 3.50. The molecule has 28 heavy (non-hydrogen) atoms. The molecule has 3 heterocycles. The number of fused-ring (bicyclic) bond motifs is 1. The molecule has 0 radical (unpaired) electrons. The lowest BCUT2D eigenvalue weighted by atomic mass is 9.86. The summed E-state index contributed by atoms with van der Waals surface area (Å²) < 4.78 is -0.704. The van der Waals surface area contributed by atoms with Crippen molar-refractivity contribution in [3.05, 3.63) is 41.4 Å². The van der Waals surface area contributed by atoms with Gasteiger partial charge in [-0.1, -0.05) is 30.3 Å². The van der Waals surface area contributed by atoms with Gasteiger partial charge < -0.3 is 15.1 Å². The number of carbonyl (C=O) groups excluding carboxylic acids is 2. The predicted molar refractivity (Wildman–Crippen MR) is 105 cm³/mol. The summed E-state index contributed by atoms with van der Waals surface area (Å²) in [7, 11) is 0. The minimum atomic E-state index is -1.55. The number of aliphatic hydroxyl groups is 1. The molecular formula is C19H18N2O5S2. The van der Waals surface area contributed by atoms with E-state index >= 15 is 0 Å². The average Bonchev–Trinajstić information content (AvgIpc) is 3.23.